The Balaban J connectivity index is 0.000000162. The summed E-state index contributed by atoms with van der Waals surface area (Å²) in [4.78, 5) is 65.0. The van der Waals surface area contributed by atoms with Gasteiger partial charge in [-0.25, -0.2) is 37.1 Å². The minimum Gasteiger partial charge on any atom is -0.477 e. The van der Waals surface area contributed by atoms with Crippen LogP contribution in [-0.4, -0.2) is 92.8 Å². The van der Waals surface area contributed by atoms with Gasteiger partial charge in [-0.1, -0.05) is 5.16 Å². The van der Waals surface area contributed by atoms with Gasteiger partial charge in [-0.05, 0) is 48.9 Å². The van der Waals surface area contributed by atoms with E-state index in [1.54, 1.807) is 14.4 Å². The molecule has 4 aliphatic rings. The number of hydrogen-bond acceptors (Lipinski definition) is 12. The van der Waals surface area contributed by atoms with E-state index in [-0.39, 0.29) is 74.8 Å². The van der Waals surface area contributed by atoms with Crippen LogP contribution in [0.15, 0.2) is 57.5 Å². The van der Waals surface area contributed by atoms with Crippen molar-refractivity contribution in [2.45, 2.75) is 24.9 Å². The Kier molecular flexibility index (Phi) is 9.62. The van der Waals surface area contributed by atoms with Crippen molar-refractivity contribution in [3.63, 3.8) is 0 Å². The lowest BCUT2D eigenvalue weighted by Crippen LogP contribution is -2.30. The molecule has 0 amide bonds. The Hall–Kier alpha value is -6.41. The second-order valence-corrected chi connectivity index (χ2v) is 14.7. The molecule has 4 atom stereocenters. The van der Waals surface area contributed by atoms with Gasteiger partial charge in [0.1, 0.15) is 35.5 Å². The predicted molar refractivity (Wildman–Crippen MR) is 202 cm³/mol. The third-order valence-electron chi connectivity index (χ3n) is 11.0. The predicted octanol–water partition coefficient (Wildman–Crippen LogP) is 2.86. The van der Waals surface area contributed by atoms with Crippen molar-refractivity contribution in [2.24, 2.45) is 34.4 Å². The number of fused-ring (bicyclic) bond motifs is 3. The molecule has 58 heavy (non-hydrogen) atoms. The van der Waals surface area contributed by atoms with Crippen molar-refractivity contribution in [1.29, 1.82) is 0 Å². The van der Waals surface area contributed by atoms with Gasteiger partial charge in [-0.2, -0.15) is 0 Å². The first kappa shape index (κ1) is 38.5. The van der Waals surface area contributed by atoms with Crippen molar-refractivity contribution >= 4 is 51.4 Å². The fraction of sp³-hybridized carbons (Fsp3) is 0.342. The largest absolute Gasteiger partial charge is 0.477 e. The van der Waals surface area contributed by atoms with Crippen molar-refractivity contribution in [1.82, 2.24) is 19.1 Å². The molecule has 2 aliphatic carbocycles. The molecule has 20 heteroatoms. The number of rotatable bonds is 8. The number of carboxylic acids is 2. The van der Waals surface area contributed by atoms with E-state index in [1.165, 1.54) is 13.3 Å². The Morgan fingerprint density at radius 2 is 1.43 bits per heavy atom. The Bertz CT molecular complexity index is 2690. The van der Waals surface area contributed by atoms with Crippen LogP contribution >= 0.6 is 0 Å². The fourth-order valence-corrected chi connectivity index (χ4v) is 7.79. The van der Waals surface area contributed by atoms with Gasteiger partial charge in [-0.3, -0.25) is 14.2 Å². The summed E-state index contributed by atoms with van der Waals surface area (Å²) in [5.41, 5.74) is 9.59. The molecular formula is C38H35F4N9O7. The molecule has 0 spiro atoms. The highest BCUT2D eigenvalue weighted by Gasteiger charge is 2.54. The highest BCUT2D eigenvalue weighted by atomic mass is 19.1. The fourth-order valence-electron chi connectivity index (χ4n) is 7.79. The number of anilines is 2. The number of carbonyl (C=O) groups is 2. The van der Waals surface area contributed by atoms with Gasteiger partial charge in [0.05, 0.1) is 28.7 Å². The number of oxime groups is 1. The molecule has 9 rings (SSSR count). The van der Waals surface area contributed by atoms with Crippen LogP contribution in [0.5, 0.6) is 0 Å². The lowest BCUT2D eigenvalue weighted by atomic mass is 10.1. The Labute approximate surface area is 324 Å². The third-order valence-corrected chi connectivity index (χ3v) is 11.0. The standard InChI is InChI=1S/C20H15F3N4O3.C18H20FN5O4/c21-8-1-2-15(13(22)3-8)27-7-12(20(29)30)17(28)9-4-14(23)19(25-18(9)27)26-5-10-11(6-26)16(10)24;1-28-22-14-8-23(6-9(14)5-20)17-13(19)4-11-15(25)12(18(26)27)7-24(10-2-3-10)16(11)21-17/h1-4,7,10-11,16H,5-6,24H2,(H,29,30);4,7,9-10H,2-3,5-6,8,20H2,1H3,(H,26,27)/b;22-14+/t10-,11+,16+;. The van der Waals surface area contributed by atoms with Gasteiger partial charge in [-0.15, -0.1) is 0 Å². The summed E-state index contributed by atoms with van der Waals surface area (Å²) in [7, 11) is 1.44. The highest BCUT2D eigenvalue weighted by Crippen LogP contribution is 2.45. The summed E-state index contributed by atoms with van der Waals surface area (Å²) in [6, 6.07) is 4.84. The first-order valence-corrected chi connectivity index (χ1v) is 18.2. The van der Waals surface area contributed by atoms with Crippen LogP contribution in [0.2, 0.25) is 0 Å². The molecule has 6 N–H and O–H groups in total. The number of nitrogens with zero attached hydrogens (tertiary/aromatic N) is 7. The third kappa shape index (κ3) is 6.66. The van der Waals surface area contributed by atoms with E-state index >= 15 is 0 Å². The number of piperidine rings is 1. The molecule has 302 valence electrons. The Morgan fingerprint density at radius 3 is 2.00 bits per heavy atom. The zero-order valence-electron chi connectivity index (χ0n) is 30.6. The van der Waals surface area contributed by atoms with Crippen LogP contribution < -0.4 is 32.1 Å². The summed E-state index contributed by atoms with van der Waals surface area (Å²) in [6.45, 7) is 2.08. The van der Waals surface area contributed by atoms with E-state index in [9.17, 15) is 47.0 Å². The van der Waals surface area contributed by atoms with Gasteiger partial charge in [0.25, 0.3) is 0 Å². The Morgan fingerprint density at radius 1 is 0.845 bits per heavy atom. The van der Waals surface area contributed by atoms with E-state index in [2.05, 4.69) is 15.1 Å². The summed E-state index contributed by atoms with van der Waals surface area (Å²) < 4.78 is 60.2. The molecule has 2 aliphatic heterocycles. The van der Waals surface area contributed by atoms with E-state index < -0.39 is 51.6 Å². The van der Waals surface area contributed by atoms with Gasteiger partial charge in [0.2, 0.25) is 10.9 Å². The topological polar surface area (TPSA) is 224 Å². The maximum Gasteiger partial charge on any atom is 0.341 e. The molecule has 2 saturated heterocycles. The van der Waals surface area contributed by atoms with Crippen molar-refractivity contribution in [3.05, 3.63) is 97.6 Å². The normalized spacial score (nSPS) is 21.7. The molecule has 4 aromatic heterocycles. The SMILES string of the molecule is CO/N=C1\CN(c2nc3c(cc2F)c(=O)c(C(=O)O)cn3C2CC2)CC1CN.N[C@@H]1[C@H]2CN(c3nc4c(cc3F)c(=O)c(C(=O)O)cn4-c3ccc(F)cc3F)C[C@@H]12. The molecule has 2 saturated carbocycles. The molecule has 5 aromatic rings. The van der Waals surface area contributed by atoms with Crippen LogP contribution in [0.4, 0.5) is 29.2 Å². The van der Waals surface area contributed by atoms with Gasteiger partial charge < -0.3 is 40.9 Å². The summed E-state index contributed by atoms with van der Waals surface area (Å²) in [6.07, 6.45) is 3.93. The van der Waals surface area contributed by atoms with Crippen LogP contribution in [0, 0.1) is 41.0 Å². The number of aromatic nitrogens is 4. The molecule has 1 aromatic carbocycles. The summed E-state index contributed by atoms with van der Waals surface area (Å²) >= 11 is 0. The quantitative estimate of drug-likeness (QED) is 0.131. The molecule has 16 nitrogen and oxygen atoms in total. The monoisotopic (exact) mass is 805 g/mol. The molecule has 0 bridgehead atoms. The van der Waals surface area contributed by atoms with Crippen LogP contribution in [0.25, 0.3) is 27.8 Å². The van der Waals surface area contributed by atoms with Crippen LogP contribution in [0.3, 0.4) is 0 Å². The van der Waals surface area contributed by atoms with Crippen molar-refractivity contribution in [2.75, 3.05) is 49.6 Å². The molecule has 0 radical (unpaired) electrons. The molecule has 1 unspecified atom stereocenters. The van der Waals surface area contributed by atoms with Gasteiger partial charge in [0, 0.05) is 62.6 Å². The second-order valence-electron chi connectivity index (χ2n) is 14.7. The maximum absolute atomic E-state index is 14.9. The zero-order chi connectivity index (χ0) is 41.3. The molecular weight excluding hydrogens is 770 g/mol. The number of carboxylic acid groups (broad SMARTS) is 2. The maximum atomic E-state index is 14.9. The smallest absolute Gasteiger partial charge is 0.341 e. The lowest BCUT2D eigenvalue weighted by Gasteiger charge is -2.22. The van der Waals surface area contributed by atoms with E-state index in [4.69, 9.17) is 16.3 Å². The summed E-state index contributed by atoms with van der Waals surface area (Å²) in [5, 5.41) is 22.3. The number of benzene rings is 1. The first-order chi connectivity index (χ1) is 27.7. The number of pyridine rings is 4. The summed E-state index contributed by atoms with van der Waals surface area (Å²) in [5.74, 6) is -5.73. The number of nitrogens with two attached hydrogens (primary N) is 2. The molecule has 6 heterocycles. The number of hydrogen-bond donors (Lipinski definition) is 4. The second kappa shape index (κ2) is 14.5. The average molecular weight is 806 g/mol. The van der Waals surface area contributed by atoms with Crippen molar-refractivity contribution < 1.29 is 42.2 Å². The van der Waals surface area contributed by atoms with E-state index in [1.807, 2.05) is 0 Å². The van der Waals surface area contributed by atoms with Gasteiger partial charge >= 0.3 is 11.9 Å². The minimum atomic E-state index is -1.56. The lowest BCUT2D eigenvalue weighted by molar-refractivity contribution is 0.0684. The van der Waals surface area contributed by atoms with Gasteiger partial charge in [0.15, 0.2) is 28.9 Å². The first-order valence-electron chi connectivity index (χ1n) is 18.2. The van der Waals surface area contributed by atoms with Crippen LogP contribution in [-0.2, 0) is 4.84 Å². The number of aromatic carboxylic acids is 2. The zero-order valence-corrected chi connectivity index (χ0v) is 30.6. The van der Waals surface area contributed by atoms with Crippen molar-refractivity contribution in [3.8, 4) is 5.69 Å². The number of halogens is 4. The van der Waals surface area contributed by atoms with E-state index in [0.717, 1.165) is 47.9 Å². The van der Waals surface area contributed by atoms with Crippen LogP contribution in [0.1, 0.15) is 39.6 Å². The minimum absolute atomic E-state index is 0.0272. The average Bonchev–Trinajstić information content (AvgIpc) is 4.02. The molecule has 4 fully saturated rings. The van der Waals surface area contributed by atoms with E-state index in [0.29, 0.717) is 44.5 Å². The highest BCUT2D eigenvalue weighted by molar-refractivity contribution is 5.95.